The molecule has 0 saturated heterocycles. The highest BCUT2D eigenvalue weighted by atomic mass is 32.2. The van der Waals surface area contributed by atoms with E-state index in [-0.39, 0.29) is 10.5 Å². The van der Waals surface area contributed by atoms with Crippen molar-refractivity contribution in [3.8, 4) is 0 Å². The summed E-state index contributed by atoms with van der Waals surface area (Å²) in [6, 6.07) is 2.87. The minimum Gasteiger partial charge on any atom is -0.478 e. The molecule has 0 aliphatic heterocycles. The second-order valence-electron chi connectivity index (χ2n) is 5.27. The Balaban J connectivity index is 3.19. The molecule has 0 bridgehead atoms. The molecular formula is C15H23NO4S. The van der Waals surface area contributed by atoms with Crippen LogP contribution in [0.1, 0.15) is 47.7 Å². The van der Waals surface area contributed by atoms with Crippen molar-refractivity contribution in [3.05, 3.63) is 28.8 Å². The molecule has 0 spiro atoms. The largest absolute Gasteiger partial charge is 0.478 e. The van der Waals surface area contributed by atoms with Crippen molar-refractivity contribution < 1.29 is 18.3 Å². The number of hydrogen-bond acceptors (Lipinski definition) is 3. The van der Waals surface area contributed by atoms with E-state index in [1.165, 1.54) is 17.4 Å². The molecule has 1 aromatic carbocycles. The first-order valence-corrected chi connectivity index (χ1v) is 8.46. The number of rotatable bonds is 7. The molecule has 1 aromatic rings. The number of carboxylic acid groups (broad SMARTS) is 1. The third kappa shape index (κ3) is 4.04. The Morgan fingerprint density at radius 2 is 1.81 bits per heavy atom. The Morgan fingerprint density at radius 3 is 2.33 bits per heavy atom. The molecule has 0 radical (unpaired) electrons. The second-order valence-corrected chi connectivity index (χ2v) is 7.28. The Hall–Kier alpha value is -1.40. The summed E-state index contributed by atoms with van der Waals surface area (Å²) in [5.41, 5.74) is 1.16. The summed E-state index contributed by atoms with van der Waals surface area (Å²) in [5.74, 6) is -1.11. The summed E-state index contributed by atoms with van der Waals surface area (Å²) < 4.78 is 26.4. The number of sulfonamides is 1. The topological polar surface area (TPSA) is 74.7 Å². The second kappa shape index (κ2) is 7.04. The van der Waals surface area contributed by atoms with E-state index in [2.05, 4.69) is 6.92 Å². The number of carbonyl (C=O) groups is 1. The predicted octanol–water partition coefficient (Wildman–Crippen LogP) is 2.81. The van der Waals surface area contributed by atoms with E-state index in [0.29, 0.717) is 17.7 Å². The van der Waals surface area contributed by atoms with Crippen molar-refractivity contribution in [1.29, 1.82) is 0 Å². The van der Waals surface area contributed by atoms with Gasteiger partial charge in [-0.25, -0.2) is 17.5 Å². The van der Waals surface area contributed by atoms with Gasteiger partial charge in [0.2, 0.25) is 10.0 Å². The van der Waals surface area contributed by atoms with Crippen LogP contribution in [0, 0.1) is 13.8 Å². The average molecular weight is 313 g/mol. The van der Waals surface area contributed by atoms with Gasteiger partial charge in [-0.05, 0) is 37.5 Å². The highest BCUT2D eigenvalue weighted by Crippen LogP contribution is 2.23. The summed E-state index contributed by atoms with van der Waals surface area (Å²) in [7, 11) is -2.12. The number of hydrogen-bond donors (Lipinski definition) is 1. The first-order chi connectivity index (χ1) is 9.71. The van der Waals surface area contributed by atoms with Gasteiger partial charge in [0.15, 0.2) is 0 Å². The first kappa shape index (κ1) is 17.7. The van der Waals surface area contributed by atoms with Crippen LogP contribution in [-0.2, 0) is 10.0 Å². The monoisotopic (exact) mass is 313 g/mol. The number of carboxylic acids is 1. The van der Waals surface area contributed by atoms with Crippen LogP contribution in [0.2, 0.25) is 0 Å². The van der Waals surface area contributed by atoms with Gasteiger partial charge >= 0.3 is 5.97 Å². The van der Waals surface area contributed by atoms with E-state index >= 15 is 0 Å². The lowest BCUT2D eigenvalue weighted by atomic mass is 10.1. The van der Waals surface area contributed by atoms with E-state index < -0.39 is 16.0 Å². The predicted molar refractivity (Wildman–Crippen MR) is 82.2 cm³/mol. The fraction of sp³-hybridized carbons (Fsp3) is 0.533. The van der Waals surface area contributed by atoms with Gasteiger partial charge in [-0.15, -0.1) is 0 Å². The molecule has 1 rings (SSSR count). The zero-order chi connectivity index (χ0) is 16.2. The molecular weight excluding hydrogens is 290 g/mol. The number of unbranched alkanes of at least 4 members (excludes halogenated alkanes) is 2. The van der Waals surface area contributed by atoms with Crippen LogP contribution >= 0.6 is 0 Å². The van der Waals surface area contributed by atoms with E-state index in [1.54, 1.807) is 19.9 Å². The Labute approximate surface area is 126 Å². The summed E-state index contributed by atoms with van der Waals surface area (Å²) in [4.78, 5) is 11.3. The molecule has 6 heteroatoms. The third-order valence-corrected chi connectivity index (χ3v) is 5.52. The van der Waals surface area contributed by atoms with Crippen molar-refractivity contribution in [2.24, 2.45) is 0 Å². The fourth-order valence-corrected chi connectivity index (χ4v) is 3.65. The molecule has 0 aliphatic rings. The molecule has 0 amide bonds. The van der Waals surface area contributed by atoms with E-state index in [4.69, 9.17) is 5.11 Å². The van der Waals surface area contributed by atoms with E-state index in [0.717, 1.165) is 19.3 Å². The first-order valence-electron chi connectivity index (χ1n) is 7.02. The summed E-state index contributed by atoms with van der Waals surface area (Å²) in [6.07, 6.45) is 2.77. The summed E-state index contributed by atoms with van der Waals surface area (Å²) in [5, 5.41) is 9.15. The smallest absolute Gasteiger partial charge is 0.335 e. The molecule has 0 unspecified atom stereocenters. The quantitative estimate of drug-likeness (QED) is 0.785. The van der Waals surface area contributed by atoms with Crippen molar-refractivity contribution in [1.82, 2.24) is 4.31 Å². The fourth-order valence-electron chi connectivity index (χ4n) is 2.21. The standard InChI is InChI=1S/C15H23NO4S/c1-5-6-7-8-16(4)21(19,20)14-10-13(15(17)18)11(2)9-12(14)3/h9-10H,5-8H2,1-4H3,(H,17,18). The van der Waals surface area contributed by atoms with Gasteiger partial charge < -0.3 is 5.11 Å². The van der Waals surface area contributed by atoms with Gasteiger partial charge in [0.25, 0.3) is 0 Å². The number of nitrogens with zero attached hydrogens (tertiary/aromatic N) is 1. The maximum Gasteiger partial charge on any atom is 0.335 e. The maximum atomic E-state index is 12.6. The SMILES string of the molecule is CCCCCN(C)S(=O)(=O)c1cc(C(=O)O)c(C)cc1C. The van der Waals surface area contributed by atoms with Crippen molar-refractivity contribution in [3.63, 3.8) is 0 Å². The lowest BCUT2D eigenvalue weighted by Gasteiger charge is -2.19. The Bertz CT molecular complexity index is 623. The molecule has 0 aliphatic carbocycles. The van der Waals surface area contributed by atoms with Crippen LogP contribution in [0.5, 0.6) is 0 Å². The molecule has 21 heavy (non-hydrogen) atoms. The van der Waals surface area contributed by atoms with Gasteiger partial charge in [0.05, 0.1) is 10.5 Å². The van der Waals surface area contributed by atoms with Gasteiger partial charge in [0, 0.05) is 13.6 Å². The zero-order valence-corrected chi connectivity index (χ0v) is 13.8. The molecule has 0 aromatic heterocycles. The lowest BCUT2D eigenvalue weighted by Crippen LogP contribution is -2.29. The Kier molecular flexibility index (Phi) is 5.92. The van der Waals surface area contributed by atoms with Crippen LogP contribution in [0.25, 0.3) is 0 Å². The maximum absolute atomic E-state index is 12.6. The van der Waals surface area contributed by atoms with E-state index in [1.807, 2.05) is 0 Å². The number of aryl methyl sites for hydroxylation is 2. The molecule has 0 saturated carbocycles. The zero-order valence-electron chi connectivity index (χ0n) is 13.0. The molecule has 5 nitrogen and oxygen atoms in total. The van der Waals surface area contributed by atoms with Crippen LogP contribution in [0.15, 0.2) is 17.0 Å². The summed E-state index contributed by atoms with van der Waals surface area (Å²) in [6.45, 7) is 5.84. The molecule has 1 N–H and O–H groups in total. The number of benzene rings is 1. The van der Waals surface area contributed by atoms with Gasteiger partial charge in [0.1, 0.15) is 0 Å². The third-order valence-electron chi connectivity index (χ3n) is 3.52. The summed E-state index contributed by atoms with van der Waals surface area (Å²) >= 11 is 0. The number of aromatic carboxylic acids is 1. The Morgan fingerprint density at radius 1 is 1.19 bits per heavy atom. The average Bonchev–Trinajstić information content (AvgIpc) is 2.37. The van der Waals surface area contributed by atoms with Crippen LogP contribution in [0.3, 0.4) is 0 Å². The van der Waals surface area contributed by atoms with Crippen LogP contribution < -0.4 is 0 Å². The van der Waals surface area contributed by atoms with Crippen LogP contribution in [-0.4, -0.2) is 37.4 Å². The molecule has 0 heterocycles. The highest BCUT2D eigenvalue weighted by Gasteiger charge is 2.24. The highest BCUT2D eigenvalue weighted by molar-refractivity contribution is 7.89. The van der Waals surface area contributed by atoms with E-state index in [9.17, 15) is 13.2 Å². The minimum absolute atomic E-state index is 0.0288. The molecule has 118 valence electrons. The van der Waals surface area contributed by atoms with Gasteiger partial charge in [-0.2, -0.15) is 0 Å². The van der Waals surface area contributed by atoms with Gasteiger partial charge in [-0.1, -0.05) is 25.8 Å². The van der Waals surface area contributed by atoms with Crippen molar-refractivity contribution >= 4 is 16.0 Å². The normalized spacial score (nSPS) is 11.9. The molecule has 0 atom stereocenters. The lowest BCUT2D eigenvalue weighted by molar-refractivity contribution is 0.0696. The molecule has 0 fully saturated rings. The van der Waals surface area contributed by atoms with Gasteiger partial charge in [-0.3, -0.25) is 0 Å². The minimum atomic E-state index is -3.65. The van der Waals surface area contributed by atoms with Crippen LogP contribution in [0.4, 0.5) is 0 Å². The van der Waals surface area contributed by atoms with Crippen molar-refractivity contribution in [2.75, 3.05) is 13.6 Å². The van der Waals surface area contributed by atoms with Crippen molar-refractivity contribution in [2.45, 2.75) is 44.9 Å².